The Bertz CT molecular complexity index is 804. The molecular weight excluding hydrogens is 326 g/mol. The largest absolute Gasteiger partial charge is 0.355 e. The van der Waals surface area contributed by atoms with Crippen molar-refractivity contribution in [3.05, 3.63) is 65.7 Å². The predicted octanol–water partition coefficient (Wildman–Crippen LogP) is 3.04. The van der Waals surface area contributed by atoms with Crippen molar-refractivity contribution >= 4 is 17.5 Å². The zero-order valence-electron chi connectivity index (χ0n) is 13.5. The third kappa shape index (κ3) is 3.84. The van der Waals surface area contributed by atoms with Gasteiger partial charge in [-0.15, -0.1) is 0 Å². The molecule has 0 unspecified atom stereocenters. The van der Waals surface area contributed by atoms with E-state index in [2.05, 4.69) is 10.6 Å². The van der Waals surface area contributed by atoms with E-state index >= 15 is 0 Å². The first-order chi connectivity index (χ1) is 12.0. The second kappa shape index (κ2) is 7.01. The Morgan fingerprint density at radius 3 is 2.44 bits per heavy atom. The van der Waals surface area contributed by atoms with Crippen LogP contribution in [0.5, 0.6) is 0 Å². The van der Waals surface area contributed by atoms with Gasteiger partial charge in [0, 0.05) is 12.2 Å². The first kappa shape index (κ1) is 17.1. The van der Waals surface area contributed by atoms with E-state index in [0.717, 1.165) is 0 Å². The highest BCUT2D eigenvalue weighted by Crippen LogP contribution is 2.46. The molecule has 1 aliphatic carbocycles. The summed E-state index contributed by atoms with van der Waals surface area (Å²) in [5.41, 5.74) is -0.283. The molecule has 1 aliphatic rings. The predicted molar refractivity (Wildman–Crippen MR) is 89.8 cm³/mol. The number of halogens is 2. The molecule has 0 atom stereocenters. The summed E-state index contributed by atoms with van der Waals surface area (Å²) in [6.45, 7) is 0.245. The number of nitrogens with one attached hydrogen (secondary N) is 2. The molecule has 2 amide bonds. The fourth-order valence-corrected chi connectivity index (χ4v) is 2.68. The molecule has 0 saturated heterocycles. The molecule has 25 heavy (non-hydrogen) atoms. The van der Waals surface area contributed by atoms with Crippen molar-refractivity contribution in [2.45, 2.75) is 19.3 Å². The molecule has 3 rings (SSSR count). The van der Waals surface area contributed by atoms with Gasteiger partial charge in [-0.3, -0.25) is 9.59 Å². The smallest absolute Gasteiger partial charge is 0.240 e. The van der Waals surface area contributed by atoms with Crippen LogP contribution in [-0.2, 0) is 16.0 Å². The number of anilines is 1. The van der Waals surface area contributed by atoms with Crippen LogP contribution in [0.1, 0.15) is 18.4 Å². The van der Waals surface area contributed by atoms with Crippen molar-refractivity contribution in [2.24, 2.45) is 5.41 Å². The van der Waals surface area contributed by atoms with Crippen LogP contribution in [0.15, 0.2) is 48.5 Å². The molecule has 1 fully saturated rings. The lowest BCUT2D eigenvalue weighted by Gasteiger charge is -2.15. The molecule has 2 N–H and O–H groups in total. The van der Waals surface area contributed by atoms with Gasteiger partial charge in [0.05, 0.1) is 0 Å². The van der Waals surface area contributed by atoms with Crippen LogP contribution < -0.4 is 10.6 Å². The van der Waals surface area contributed by atoms with Gasteiger partial charge in [0.25, 0.3) is 0 Å². The highest BCUT2D eigenvalue weighted by molar-refractivity contribution is 6.13. The van der Waals surface area contributed by atoms with Crippen LogP contribution in [0.3, 0.4) is 0 Å². The van der Waals surface area contributed by atoms with E-state index in [1.807, 2.05) is 0 Å². The number of carbonyl (C=O) groups is 2. The van der Waals surface area contributed by atoms with E-state index in [-0.39, 0.29) is 18.3 Å². The third-order valence-electron chi connectivity index (χ3n) is 4.34. The zero-order chi connectivity index (χ0) is 17.9. The summed E-state index contributed by atoms with van der Waals surface area (Å²) in [6.07, 6.45) is 1.24. The standard InChI is InChI=1S/C19H18F2N2O2/c20-14-5-3-6-15(12-14)23-18(25)19(9-10-19)17(24)22-11-8-13-4-1-2-7-16(13)21/h1-7,12H,8-11H2,(H,22,24)(H,23,25). The van der Waals surface area contributed by atoms with E-state index in [4.69, 9.17) is 0 Å². The summed E-state index contributed by atoms with van der Waals surface area (Å²) in [5.74, 6) is -1.60. The fourth-order valence-electron chi connectivity index (χ4n) is 2.68. The van der Waals surface area contributed by atoms with Crippen LogP contribution >= 0.6 is 0 Å². The number of rotatable bonds is 6. The van der Waals surface area contributed by atoms with E-state index in [1.54, 1.807) is 24.3 Å². The molecule has 1 saturated carbocycles. The molecule has 0 radical (unpaired) electrons. The number of carbonyl (C=O) groups excluding carboxylic acids is 2. The van der Waals surface area contributed by atoms with Crippen LogP contribution in [0, 0.1) is 17.0 Å². The maximum atomic E-state index is 13.6. The topological polar surface area (TPSA) is 58.2 Å². The van der Waals surface area contributed by atoms with Gasteiger partial charge in [-0.05, 0) is 49.1 Å². The maximum absolute atomic E-state index is 13.6. The lowest BCUT2D eigenvalue weighted by molar-refractivity contribution is -0.134. The Labute approximate surface area is 144 Å². The summed E-state index contributed by atoms with van der Waals surface area (Å²) >= 11 is 0. The summed E-state index contributed by atoms with van der Waals surface area (Å²) in [5, 5.41) is 5.28. The van der Waals surface area contributed by atoms with Crippen molar-refractivity contribution < 1.29 is 18.4 Å². The quantitative estimate of drug-likeness (QED) is 0.792. The third-order valence-corrected chi connectivity index (χ3v) is 4.34. The lowest BCUT2D eigenvalue weighted by atomic mass is 10.0. The molecule has 0 aliphatic heterocycles. The SMILES string of the molecule is O=C(NCCc1ccccc1F)C1(C(=O)Nc2cccc(F)c2)CC1. The molecule has 0 spiro atoms. The molecule has 6 heteroatoms. The highest BCUT2D eigenvalue weighted by atomic mass is 19.1. The Kier molecular flexibility index (Phi) is 4.79. The molecule has 2 aromatic rings. The van der Waals surface area contributed by atoms with Gasteiger partial charge in [-0.25, -0.2) is 8.78 Å². The minimum Gasteiger partial charge on any atom is -0.355 e. The number of benzene rings is 2. The molecule has 4 nitrogen and oxygen atoms in total. The van der Waals surface area contributed by atoms with Gasteiger partial charge in [0.15, 0.2) is 0 Å². The Balaban J connectivity index is 1.56. The average Bonchev–Trinajstić information content (AvgIpc) is 3.38. The first-order valence-corrected chi connectivity index (χ1v) is 8.10. The molecule has 2 aromatic carbocycles. The fraction of sp³-hybridized carbons (Fsp3) is 0.263. The lowest BCUT2D eigenvalue weighted by Crippen LogP contribution is -2.40. The normalized spacial score (nSPS) is 14.6. The van der Waals surface area contributed by atoms with E-state index in [0.29, 0.717) is 30.5 Å². The van der Waals surface area contributed by atoms with E-state index in [9.17, 15) is 18.4 Å². The van der Waals surface area contributed by atoms with Crippen LogP contribution in [0.25, 0.3) is 0 Å². The van der Waals surface area contributed by atoms with Gasteiger partial charge in [-0.1, -0.05) is 24.3 Å². The van der Waals surface area contributed by atoms with Gasteiger partial charge in [0.1, 0.15) is 17.0 Å². The van der Waals surface area contributed by atoms with Crippen molar-refractivity contribution in [1.82, 2.24) is 5.32 Å². The number of hydrogen-bond donors (Lipinski definition) is 2. The van der Waals surface area contributed by atoms with Gasteiger partial charge < -0.3 is 10.6 Å². The van der Waals surface area contributed by atoms with Crippen molar-refractivity contribution in [1.29, 1.82) is 0 Å². The van der Waals surface area contributed by atoms with Crippen LogP contribution in [0.4, 0.5) is 14.5 Å². The second-order valence-electron chi connectivity index (χ2n) is 6.14. The average molecular weight is 344 g/mol. The van der Waals surface area contributed by atoms with Crippen molar-refractivity contribution in [2.75, 3.05) is 11.9 Å². The summed E-state index contributed by atoms with van der Waals surface area (Å²) in [4.78, 5) is 24.7. The Morgan fingerprint density at radius 1 is 1.00 bits per heavy atom. The number of hydrogen-bond acceptors (Lipinski definition) is 2. The number of amides is 2. The Hall–Kier alpha value is -2.76. The van der Waals surface area contributed by atoms with Crippen LogP contribution in [-0.4, -0.2) is 18.4 Å². The monoisotopic (exact) mass is 344 g/mol. The molecule has 0 bridgehead atoms. The summed E-state index contributed by atoms with van der Waals surface area (Å²) in [7, 11) is 0. The summed E-state index contributed by atoms with van der Waals surface area (Å²) < 4.78 is 26.7. The minimum atomic E-state index is -1.11. The van der Waals surface area contributed by atoms with Gasteiger partial charge in [0.2, 0.25) is 11.8 Å². The van der Waals surface area contributed by atoms with E-state index < -0.39 is 17.1 Å². The molecular formula is C19H18F2N2O2. The van der Waals surface area contributed by atoms with E-state index in [1.165, 1.54) is 24.3 Å². The molecule has 130 valence electrons. The van der Waals surface area contributed by atoms with Gasteiger partial charge in [-0.2, -0.15) is 0 Å². The zero-order valence-corrected chi connectivity index (χ0v) is 13.5. The minimum absolute atomic E-state index is 0.245. The van der Waals surface area contributed by atoms with Crippen molar-refractivity contribution in [3.8, 4) is 0 Å². The highest BCUT2D eigenvalue weighted by Gasteiger charge is 2.56. The first-order valence-electron chi connectivity index (χ1n) is 8.10. The molecule has 0 aromatic heterocycles. The molecule has 0 heterocycles. The van der Waals surface area contributed by atoms with Crippen LogP contribution in [0.2, 0.25) is 0 Å². The summed E-state index contributed by atoms with van der Waals surface area (Å²) in [6, 6.07) is 11.9. The second-order valence-corrected chi connectivity index (χ2v) is 6.14. The maximum Gasteiger partial charge on any atom is 0.240 e. The van der Waals surface area contributed by atoms with Gasteiger partial charge >= 0.3 is 0 Å². The Morgan fingerprint density at radius 2 is 1.76 bits per heavy atom. The van der Waals surface area contributed by atoms with Crippen molar-refractivity contribution in [3.63, 3.8) is 0 Å².